The van der Waals surface area contributed by atoms with Gasteiger partial charge >= 0.3 is 6.09 Å². The number of nitrogens with two attached hydrogens (primary N) is 1. The molecule has 4 nitrogen and oxygen atoms in total. The van der Waals surface area contributed by atoms with Gasteiger partial charge in [0.05, 0.1) is 0 Å². The zero-order valence-corrected chi connectivity index (χ0v) is 10.7. The molecule has 98 valence electrons. The molecule has 0 saturated carbocycles. The Morgan fingerprint density at radius 1 is 1.39 bits per heavy atom. The lowest BCUT2D eigenvalue weighted by Crippen LogP contribution is -2.32. The summed E-state index contributed by atoms with van der Waals surface area (Å²) in [6.45, 7) is 3.74. The number of hydrogen-bond donors (Lipinski definition) is 1. The van der Waals surface area contributed by atoms with Crippen molar-refractivity contribution in [3.05, 3.63) is 35.9 Å². The Morgan fingerprint density at radius 2 is 2.11 bits per heavy atom. The molecule has 2 atom stereocenters. The van der Waals surface area contributed by atoms with Crippen molar-refractivity contribution in [1.82, 2.24) is 4.90 Å². The SMILES string of the molecule is CCC1CN(C(=O)OCc2ccccc2)CC1N. The molecular weight excluding hydrogens is 228 g/mol. The van der Waals surface area contributed by atoms with E-state index in [-0.39, 0.29) is 12.1 Å². The molecule has 1 fully saturated rings. The van der Waals surface area contributed by atoms with Crippen LogP contribution in [0.4, 0.5) is 4.79 Å². The van der Waals surface area contributed by atoms with E-state index in [1.807, 2.05) is 30.3 Å². The van der Waals surface area contributed by atoms with Crippen molar-refractivity contribution in [2.75, 3.05) is 13.1 Å². The van der Waals surface area contributed by atoms with Crippen molar-refractivity contribution in [1.29, 1.82) is 0 Å². The average molecular weight is 248 g/mol. The molecule has 1 aromatic rings. The minimum Gasteiger partial charge on any atom is -0.445 e. The normalized spacial score (nSPS) is 23.1. The number of benzene rings is 1. The van der Waals surface area contributed by atoms with Gasteiger partial charge in [-0.3, -0.25) is 0 Å². The number of hydrogen-bond acceptors (Lipinski definition) is 3. The molecule has 18 heavy (non-hydrogen) atoms. The van der Waals surface area contributed by atoms with Crippen molar-refractivity contribution in [2.24, 2.45) is 11.7 Å². The van der Waals surface area contributed by atoms with Crippen LogP contribution < -0.4 is 5.73 Å². The molecule has 2 rings (SSSR count). The highest BCUT2D eigenvalue weighted by molar-refractivity contribution is 5.68. The van der Waals surface area contributed by atoms with Gasteiger partial charge in [-0.25, -0.2) is 4.79 Å². The standard InChI is InChI=1S/C14H20N2O2/c1-2-12-8-16(9-13(12)15)14(17)18-10-11-6-4-3-5-7-11/h3-7,12-13H,2,8-10,15H2,1H3. The molecule has 0 radical (unpaired) electrons. The van der Waals surface area contributed by atoms with Crippen molar-refractivity contribution < 1.29 is 9.53 Å². The minimum absolute atomic E-state index is 0.0827. The Hall–Kier alpha value is -1.55. The second-order valence-electron chi connectivity index (χ2n) is 4.78. The molecule has 2 N–H and O–H groups in total. The quantitative estimate of drug-likeness (QED) is 0.890. The van der Waals surface area contributed by atoms with Gasteiger partial charge in [0.25, 0.3) is 0 Å². The van der Waals surface area contributed by atoms with E-state index in [0.29, 0.717) is 25.6 Å². The predicted molar refractivity (Wildman–Crippen MR) is 70.0 cm³/mol. The zero-order valence-electron chi connectivity index (χ0n) is 10.7. The van der Waals surface area contributed by atoms with Gasteiger partial charge in [-0.2, -0.15) is 0 Å². The maximum Gasteiger partial charge on any atom is 0.410 e. The Labute approximate surface area is 108 Å². The first-order valence-corrected chi connectivity index (χ1v) is 6.42. The average Bonchev–Trinajstić information content (AvgIpc) is 2.78. The third kappa shape index (κ3) is 3.01. The molecule has 1 aliphatic rings. The van der Waals surface area contributed by atoms with E-state index in [4.69, 9.17) is 10.5 Å². The van der Waals surface area contributed by atoms with Crippen LogP contribution in [0.1, 0.15) is 18.9 Å². The minimum atomic E-state index is -0.259. The van der Waals surface area contributed by atoms with Gasteiger partial charge in [-0.1, -0.05) is 43.7 Å². The highest BCUT2D eigenvalue weighted by Crippen LogP contribution is 2.19. The number of rotatable bonds is 3. The lowest BCUT2D eigenvalue weighted by Gasteiger charge is -2.15. The maximum absolute atomic E-state index is 11.9. The van der Waals surface area contributed by atoms with E-state index in [2.05, 4.69) is 6.92 Å². The van der Waals surface area contributed by atoms with Gasteiger partial charge in [-0.15, -0.1) is 0 Å². The van der Waals surface area contributed by atoms with Gasteiger partial charge in [-0.05, 0) is 11.5 Å². The summed E-state index contributed by atoms with van der Waals surface area (Å²) >= 11 is 0. The molecule has 1 heterocycles. The summed E-state index contributed by atoms with van der Waals surface area (Å²) < 4.78 is 5.28. The molecule has 0 aromatic heterocycles. The molecule has 0 aliphatic carbocycles. The molecule has 1 aromatic carbocycles. The molecular formula is C14H20N2O2. The first kappa shape index (κ1) is 12.9. The molecule has 1 saturated heterocycles. The van der Waals surface area contributed by atoms with Gasteiger partial charge in [0.15, 0.2) is 0 Å². The molecule has 1 amide bonds. The van der Waals surface area contributed by atoms with Crippen LogP contribution in [-0.2, 0) is 11.3 Å². The second kappa shape index (κ2) is 5.87. The fourth-order valence-corrected chi connectivity index (χ4v) is 2.29. The number of ether oxygens (including phenoxy) is 1. The second-order valence-corrected chi connectivity index (χ2v) is 4.78. The summed E-state index contributed by atoms with van der Waals surface area (Å²) in [5, 5.41) is 0. The lowest BCUT2D eigenvalue weighted by molar-refractivity contribution is 0.103. The topological polar surface area (TPSA) is 55.6 Å². The van der Waals surface area contributed by atoms with Crippen molar-refractivity contribution in [3.63, 3.8) is 0 Å². The van der Waals surface area contributed by atoms with Gasteiger partial charge in [0.2, 0.25) is 0 Å². The molecule has 2 unspecified atom stereocenters. The number of likely N-dealkylation sites (tertiary alicyclic amines) is 1. The van der Waals surface area contributed by atoms with E-state index in [0.717, 1.165) is 12.0 Å². The Kier molecular flexibility index (Phi) is 4.20. The highest BCUT2D eigenvalue weighted by atomic mass is 16.6. The summed E-state index contributed by atoms with van der Waals surface area (Å²) in [5.74, 6) is 0.397. The number of carbonyl (C=O) groups excluding carboxylic acids is 1. The Morgan fingerprint density at radius 3 is 2.72 bits per heavy atom. The maximum atomic E-state index is 11.9. The zero-order chi connectivity index (χ0) is 13.0. The molecule has 4 heteroatoms. The fraction of sp³-hybridized carbons (Fsp3) is 0.500. The van der Waals surface area contributed by atoms with Crippen molar-refractivity contribution >= 4 is 6.09 Å². The van der Waals surface area contributed by atoms with Crippen LogP contribution in [0.25, 0.3) is 0 Å². The van der Waals surface area contributed by atoms with E-state index in [9.17, 15) is 4.79 Å². The summed E-state index contributed by atoms with van der Waals surface area (Å²) in [4.78, 5) is 13.6. The first-order chi connectivity index (χ1) is 8.70. The van der Waals surface area contributed by atoms with Crippen molar-refractivity contribution in [2.45, 2.75) is 26.0 Å². The summed E-state index contributed by atoms with van der Waals surface area (Å²) in [6.07, 6.45) is 0.745. The van der Waals surface area contributed by atoms with E-state index < -0.39 is 0 Å². The van der Waals surface area contributed by atoms with Crippen molar-refractivity contribution in [3.8, 4) is 0 Å². The van der Waals surface area contributed by atoms with Crippen LogP contribution in [0, 0.1) is 5.92 Å². The smallest absolute Gasteiger partial charge is 0.410 e. The monoisotopic (exact) mass is 248 g/mol. The fourth-order valence-electron chi connectivity index (χ4n) is 2.29. The van der Waals surface area contributed by atoms with Crippen LogP contribution in [0.3, 0.4) is 0 Å². The Balaban J connectivity index is 1.82. The predicted octanol–water partition coefficient (Wildman–Crippen LogP) is 1.99. The molecule has 0 spiro atoms. The third-order valence-electron chi connectivity index (χ3n) is 3.48. The van der Waals surface area contributed by atoms with E-state index >= 15 is 0 Å². The summed E-state index contributed by atoms with van der Waals surface area (Å²) in [7, 11) is 0. The molecule has 0 bridgehead atoms. The number of amides is 1. The van der Waals surface area contributed by atoms with Crippen LogP contribution in [0.5, 0.6) is 0 Å². The van der Waals surface area contributed by atoms with Crippen LogP contribution in [0.2, 0.25) is 0 Å². The van der Waals surface area contributed by atoms with Crippen LogP contribution in [-0.4, -0.2) is 30.1 Å². The van der Waals surface area contributed by atoms with Gasteiger partial charge in [0.1, 0.15) is 6.61 Å². The third-order valence-corrected chi connectivity index (χ3v) is 3.48. The van der Waals surface area contributed by atoms with Crippen LogP contribution >= 0.6 is 0 Å². The lowest BCUT2D eigenvalue weighted by atomic mass is 10.0. The largest absolute Gasteiger partial charge is 0.445 e. The van der Waals surface area contributed by atoms with Gasteiger partial charge < -0.3 is 15.4 Å². The number of nitrogens with zero attached hydrogens (tertiary/aromatic N) is 1. The van der Waals surface area contributed by atoms with E-state index in [1.54, 1.807) is 4.90 Å². The highest BCUT2D eigenvalue weighted by Gasteiger charge is 2.32. The van der Waals surface area contributed by atoms with Gasteiger partial charge in [0, 0.05) is 19.1 Å². The van der Waals surface area contributed by atoms with E-state index in [1.165, 1.54) is 0 Å². The Bertz CT molecular complexity index is 394. The first-order valence-electron chi connectivity index (χ1n) is 6.42. The number of carbonyl (C=O) groups is 1. The molecule has 1 aliphatic heterocycles. The van der Waals surface area contributed by atoms with Crippen LogP contribution in [0.15, 0.2) is 30.3 Å². The summed E-state index contributed by atoms with van der Waals surface area (Å²) in [6, 6.07) is 9.77. The summed E-state index contributed by atoms with van der Waals surface area (Å²) in [5.41, 5.74) is 6.98.